The normalized spacial score (nSPS) is 24.4. The molecule has 2 aliphatic heterocycles. The maximum absolute atomic E-state index is 12.7. The summed E-state index contributed by atoms with van der Waals surface area (Å²) in [6, 6.07) is 5.01. The van der Waals surface area contributed by atoms with Gasteiger partial charge >= 0.3 is 6.03 Å². The second-order valence-electron chi connectivity index (χ2n) is 8.12. The fourth-order valence-electron chi connectivity index (χ4n) is 4.02. The van der Waals surface area contributed by atoms with Gasteiger partial charge in [-0.05, 0) is 43.9 Å². The summed E-state index contributed by atoms with van der Waals surface area (Å²) in [4.78, 5) is 45.3. The molecular formula is C20H23N5O4S. The summed E-state index contributed by atoms with van der Waals surface area (Å²) in [6.07, 6.45) is 1.84. The first-order chi connectivity index (χ1) is 14.4. The van der Waals surface area contributed by atoms with Gasteiger partial charge in [-0.25, -0.2) is 9.78 Å². The molecule has 2 N–H and O–H groups in total. The number of urea groups is 1. The lowest BCUT2D eigenvalue weighted by Gasteiger charge is -2.25. The van der Waals surface area contributed by atoms with Crippen molar-refractivity contribution in [2.45, 2.75) is 25.3 Å². The molecule has 1 aromatic carbocycles. The lowest BCUT2D eigenvalue weighted by molar-refractivity contribution is -0.134. The predicted molar refractivity (Wildman–Crippen MR) is 113 cm³/mol. The van der Waals surface area contributed by atoms with Crippen molar-refractivity contribution < 1.29 is 19.1 Å². The third-order valence-electron chi connectivity index (χ3n) is 5.94. The fraction of sp³-hybridized carbons (Fsp3) is 0.500. The van der Waals surface area contributed by atoms with Crippen LogP contribution in [0, 0.1) is 5.92 Å². The standard InChI is InChI=1S/C20H23N5O4S/c1-20(12-2-3-12)17(27)25(18(28)23-20)11-16(26)21-13-4-5-14-15(10-13)30-19(22-14)24-6-8-29-9-7-24/h4-5,10,12H,2-3,6-9,11H2,1H3,(H,21,26)(H,23,28)/t20-/m1/s1. The molecule has 10 heteroatoms. The first-order valence-corrected chi connectivity index (χ1v) is 10.9. The molecule has 0 radical (unpaired) electrons. The number of hydrogen-bond acceptors (Lipinski definition) is 7. The molecular weight excluding hydrogens is 406 g/mol. The smallest absolute Gasteiger partial charge is 0.325 e. The van der Waals surface area contributed by atoms with Gasteiger partial charge in [0.2, 0.25) is 5.91 Å². The first-order valence-electron chi connectivity index (χ1n) is 10.1. The van der Waals surface area contributed by atoms with Crippen LogP contribution in [0.5, 0.6) is 0 Å². The van der Waals surface area contributed by atoms with E-state index in [0.717, 1.165) is 46.2 Å². The van der Waals surface area contributed by atoms with E-state index in [4.69, 9.17) is 4.74 Å². The number of benzene rings is 1. The number of ether oxygens (including phenoxy) is 1. The van der Waals surface area contributed by atoms with Gasteiger partial charge in [-0.1, -0.05) is 11.3 Å². The zero-order valence-electron chi connectivity index (χ0n) is 16.6. The summed E-state index contributed by atoms with van der Waals surface area (Å²) >= 11 is 1.57. The van der Waals surface area contributed by atoms with Crippen LogP contribution in [0.1, 0.15) is 19.8 Å². The van der Waals surface area contributed by atoms with Crippen LogP contribution in [-0.2, 0) is 14.3 Å². The number of nitrogens with one attached hydrogen (secondary N) is 2. The van der Waals surface area contributed by atoms with Crippen molar-refractivity contribution in [3.63, 3.8) is 0 Å². The second-order valence-corrected chi connectivity index (χ2v) is 9.13. The number of anilines is 2. The van der Waals surface area contributed by atoms with Gasteiger partial charge in [0.1, 0.15) is 12.1 Å². The largest absolute Gasteiger partial charge is 0.378 e. The van der Waals surface area contributed by atoms with Gasteiger partial charge in [0, 0.05) is 18.8 Å². The number of fused-ring (bicyclic) bond motifs is 1. The van der Waals surface area contributed by atoms with Crippen molar-refractivity contribution in [3.05, 3.63) is 18.2 Å². The molecule has 3 heterocycles. The van der Waals surface area contributed by atoms with Gasteiger partial charge in [-0.2, -0.15) is 0 Å². The predicted octanol–water partition coefficient (Wildman–Crippen LogP) is 1.79. The highest BCUT2D eigenvalue weighted by Gasteiger charge is 2.56. The Kier molecular flexibility index (Phi) is 4.62. The summed E-state index contributed by atoms with van der Waals surface area (Å²) < 4.78 is 6.35. The molecule has 30 heavy (non-hydrogen) atoms. The summed E-state index contributed by atoms with van der Waals surface area (Å²) in [5.74, 6) is -0.564. The number of amides is 4. The summed E-state index contributed by atoms with van der Waals surface area (Å²) in [7, 11) is 0. The molecule has 1 saturated carbocycles. The van der Waals surface area contributed by atoms with E-state index in [9.17, 15) is 14.4 Å². The third-order valence-corrected chi connectivity index (χ3v) is 7.02. The van der Waals surface area contributed by atoms with Crippen molar-refractivity contribution in [2.24, 2.45) is 5.92 Å². The number of thiazole rings is 1. The molecule has 1 aliphatic carbocycles. The number of imide groups is 1. The van der Waals surface area contributed by atoms with Crippen molar-refractivity contribution in [1.29, 1.82) is 0 Å². The van der Waals surface area contributed by atoms with Crippen molar-refractivity contribution in [3.8, 4) is 0 Å². The van der Waals surface area contributed by atoms with Crippen molar-refractivity contribution >= 4 is 50.2 Å². The molecule has 9 nitrogen and oxygen atoms in total. The van der Waals surface area contributed by atoms with Gasteiger partial charge < -0.3 is 20.3 Å². The lowest BCUT2D eigenvalue weighted by Crippen LogP contribution is -2.46. The van der Waals surface area contributed by atoms with Crippen LogP contribution in [0.3, 0.4) is 0 Å². The quantitative estimate of drug-likeness (QED) is 0.703. The maximum Gasteiger partial charge on any atom is 0.325 e. The highest BCUT2D eigenvalue weighted by Crippen LogP contribution is 2.42. The summed E-state index contributed by atoms with van der Waals surface area (Å²) in [6.45, 7) is 4.46. The molecule has 1 aromatic heterocycles. The zero-order valence-corrected chi connectivity index (χ0v) is 17.5. The van der Waals surface area contributed by atoms with Crippen LogP contribution in [0.15, 0.2) is 18.2 Å². The molecule has 5 rings (SSSR count). The van der Waals surface area contributed by atoms with Gasteiger partial charge in [-0.3, -0.25) is 14.5 Å². The lowest BCUT2D eigenvalue weighted by atomic mass is 9.96. The average Bonchev–Trinajstić information content (AvgIpc) is 3.47. The minimum absolute atomic E-state index is 0.163. The number of morpholine rings is 1. The van der Waals surface area contributed by atoms with E-state index in [1.165, 1.54) is 0 Å². The van der Waals surface area contributed by atoms with E-state index in [2.05, 4.69) is 20.5 Å². The average molecular weight is 430 g/mol. The topological polar surface area (TPSA) is 104 Å². The van der Waals surface area contributed by atoms with Crippen molar-refractivity contribution in [1.82, 2.24) is 15.2 Å². The SMILES string of the molecule is C[C@]1(C2CC2)NC(=O)N(CC(=O)Nc2ccc3nc(N4CCOCC4)sc3c2)C1=O. The Balaban J connectivity index is 1.26. The monoisotopic (exact) mass is 429 g/mol. The molecule has 0 bridgehead atoms. The molecule has 1 atom stereocenters. The molecule has 3 aliphatic rings. The van der Waals surface area contributed by atoms with Crippen LogP contribution in [0.2, 0.25) is 0 Å². The van der Waals surface area contributed by atoms with Crippen LogP contribution in [-0.4, -0.2) is 66.1 Å². The number of rotatable bonds is 5. The number of hydrogen-bond donors (Lipinski definition) is 2. The Labute approximate surface area is 177 Å². The Morgan fingerprint density at radius 3 is 2.83 bits per heavy atom. The Hall–Kier alpha value is -2.72. The minimum atomic E-state index is -0.880. The van der Waals surface area contributed by atoms with E-state index >= 15 is 0 Å². The Bertz CT molecular complexity index is 1030. The van der Waals surface area contributed by atoms with Crippen LogP contribution >= 0.6 is 11.3 Å². The van der Waals surface area contributed by atoms with E-state index in [-0.39, 0.29) is 18.4 Å². The first kappa shape index (κ1) is 19.3. The van der Waals surface area contributed by atoms with Gasteiger partial charge in [0.05, 0.1) is 23.4 Å². The van der Waals surface area contributed by atoms with Crippen molar-refractivity contribution in [2.75, 3.05) is 43.1 Å². The van der Waals surface area contributed by atoms with E-state index < -0.39 is 17.5 Å². The molecule has 4 amide bonds. The number of carbonyl (C=O) groups excluding carboxylic acids is 3. The molecule has 0 spiro atoms. The van der Waals surface area contributed by atoms with Crippen LogP contribution in [0.25, 0.3) is 10.2 Å². The molecule has 3 fully saturated rings. The molecule has 158 valence electrons. The van der Waals surface area contributed by atoms with Gasteiger partial charge in [0.15, 0.2) is 5.13 Å². The Morgan fingerprint density at radius 2 is 2.10 bits per heavy atom. The zero-order chi connectivity index (χ0) is 20.9. The number of aromatic nitrogens is 1. The summed E-state index contributed by atoms with van der Waals surface area (Å²) in [5, 5.41) is 6.49. The second kappa shape index (κ2) is 7.21. The van der Waals surface area contributed by atoms with Crippen LogP contribution in [0.4, 0.5) is 15.6 Å². The third kappa shape index (κ3) is 3.39. The van der Waals surface area contributed by atoms with Gasteiger partial charge in [-0.15, -0.1) is 0 Å². The Morgan fingerprint density at radius 1 is 1.33 bits per heavy atom. The highest BCUT2D eigenvalue weighted by molar-refractivity contribution is 7.22. The van der Waals surface area contributed by atoms with E-state index in [0.29, 0.717) is 18.9 Å². The molecule has 0 unspecified atom stereocenters. The maximum atomic E-state index is 12.7. The minimum Gasteiger partial charge on any atom is -0.378 e. The summed E-state index contributed by atoms with van der Waals surface area (Å²) in [5.41, 5.74) is 0.602. The molecule has 2 aromatic rings. The van der Waals surface area contributed by atoms with Gasteiger partial charge in [0.25, 0.3) is 5.91 Å². The van der Waals surface area contributed by atoms with Crippen LogP contribution < -0.4 is 15.5 Å². The number of nitrogens with zero attached hydrogens (tertiary/aromatic N) is 3. The number of carbonyl (C=O) groups is 3. The fourth-order valence-corrected chi connectivity index (χ4v) is 5.08. The highest BCUT2D eigenvalue weighted by atomic mass is 32.1. The van der Waals surface area contributed by atoms with E-state index in [1.807, 2.05) is 12.1 Å². The van der Waals surface area contributed by atoms with E-state index in [1.54, 1.807) is 24.3 Å². The molecule has 2 saturated heterocycles.